The number of nitrogens with zero attached hydrogens (tertiary/aromatic N) is 1. The van der Waals surface area contributed by atoms with Crippen LogP contribution >= 0.6 is 11.3 Å². The van der Waals surface area contributed by atoms with E-state index in [1.165, 1.54) is 6.92 Å². The number of rotatable bonds is 6. The van der Waals surface area contributed by atoms with Crippen molar-refractivity contribution in [1.82, 2.24) is 4.98 Å². The molecule has 0 fully saturated rings. The first-order valence-electron chi connectivity index (χ1n) is 5.80. The van der Waals surface area contributed by atoms with Crippen LogP contribution in [0.1, 0.15) is 60.7 Å². The molecule has 0 unspecified atom stereocenters. The zero-order valence-corrected chi connectivity index (χ0v) is 11.8. The predicted octanol–water partition coefficient (Wildman–Crippen LogP) is 3.03. The second-order valence-corrected chi connectivity index (χ2v) is 5.82. The molecule has 1 rings (SSSR count). The lowest BCUT2D eigenvalue weighted by atomic mass is 10.00. The average molecular weight is 270 g/mol. The molecule has 0 spiro atoms. The third-order valence-corrected chi connectivity index (χ3v) is 3.54. The molecule has 1 heterocycles. The number of ketones is 1. The summed E-state index contributed by atoms with van der Waals surface area (Å²) in [4.78, 5) is 26.5. The van der Waals surface area contributed by atoms with Crippen molar-refractivity contribution < 1.29 is 14.7 Å². The Labute approximate surface area is 110 Å². The van der Waals surface area contributed by atoms with Gasteiger partial charge < -0.3 is 10.4 Å². The summed E-state index contributed by atoms with van der Waals surface area (Å²) in [7, 11) is 0. The third kappa shape index (κ3) is 3.53. The van der Waals surface area contributed by atoms with Crippen LogP contribution in [0, 0.1) is 0 Å². The van der Waals surface area contributed by atoms with Gasteiger partial charge in [0.1, 0.15) is 4.88 Å². The van der Waals surface area contributed by atoms with Gasteiger partial charge in [-0.15, -0.1) is 0 Å². The number of aromatic carboxylic acids is 1. The van der Waals surface area contributed by atoms with Gasteiger partial charge >= 0.3 is 5.97 Å². The minimum Gasteiger partial charge on any atom is -0.476 e. The Morgan fingerprint density at radius 3 is 2.44 bits per heavy atom. The molecular formula is C12H18N2O3S. The summed E-state index contributed by atoms with van der Waals surface area (Å²) in [5.74, 6) is -1.44. The Hall–Kier alpha value is -1.43. The van der Waals surface area contributed by atoms with Crippen LogP contribution in [0.15, 0.2) is 0 Å². The molecule has 0 aliphatic carbocycles. The fourth-order valence-electron chi connectivity index (χ4n) is 1.73. The van der Waals surface area contributed by atoms with Crippen molar-refractivity contribution in [2.75, 3.05) is 5.32 Å². The van der Waals surface area contributed by atoms with Crippen LogP contribution in [0.3, 0.4) is 0 Å². The zero-order valence-electron chi connectivity index (χ0n) is 11.0. The zero-order chi connectivity index (χ0) is 13.9. The van der Waals surface area contributed by atoms with Gasteiger partial charge in [-0.1, -0.05) is 24.7 Å². The topological polar surface area (TPSA) is 79.3 Å². The first-order chi connectivity index (χ1) is 8.26. The van der Waals surface area contributed by atoms with Crippen molar-refractivity contribution >= 4 is 28.2 Å². The van der Waals surface area contributed by atoms with Gasteiger partial charge in [0.2, 0.25) is 0 Å². The highest BCUT2D eigenvalue weighted by atomic mass is 32.1. The van der Waals surface area contributed by atoms with E-state index in [4.69, 9.17) is 5.11 Å². The van der Waals surface area contributed by atoms with E-state index in [1.807, 2.05) is 13.8 Å². The summed E-state index contributed by atoms with van der Waals surface area (Å²) in [6.07, 6.45) is 1.95. The highest BCUT2D eigenvalue weighted by Crippen LogP contribution is 2.27. The van der Waals surface area contributed by atoms with Crippen LogP contribution < -0.4 is 5.32 Å². The van der Waals surface area contributed by atoms with Crippen molar-refractivity contribution in [3.05, 3.63) is 10.6 Å². The van der Waals surface area contributed by atoms with E-state index < -0.39 is 5.97 Å². The van der Waals surface area contributed by atoms with E-state index in [1.54, 1.807) is 0 Å². The molecule has 0 radical (unpaired) electrons. The van der Waals surface area contributed by atoms with Gasteiger partial charge in [-0.2, -0.15) is 0 Å². The normalized spacial score (nSPS) is 11.3. The van der Waals surface area contributed by atoms with Crippen molar-refractivity contribution in [3.8, 4) is 0 Å². The van der Waals surface area contributed by atoms with Crippen LogP contribution in [-0.4, -0.2) is 27.4 Å². The van der Waals surface area contributed by atoms with Crippen LogP contribution in [0.5, 0.6) is 0 Å². The van der Waals surface area contributed by atoms with E-state index in [9.17, 15) is 9.59 Å². The van der Waals surface area contributed by atoms with Crippen LogP contribution in [0.2, 0.25) is 0 Å². The quantitative estimate of drug-likeness (QED) is 0.777. The first-order valence-corrected chi connectivity index (χ1v) is 6.61. The Morgan fingerprint density at radius 1 is 1.44 bits per heavy atom. The second kappa shape index (κ2) is 5.48. The number of carboxylic acids is 1. The van der Waals surface area contributed by atoms with Gasteiger partial charge in [-0.05, 0) is 20.3 Å². The van der Waals surface area contributed by atoms with Crippen molar-refractivity contribution in [3.63, 3.8) is 0 Å². The van der Waals surface area contributed by atoms with Crippen molar-refractivity contribution in [2.24, 2.45) is 0 Å². The lowest BCUT2D eigenvalue weighted by molar-refractivity contribution is 0.0687. The Morgan fingerprint density at radius 2 is 2.06 bits per heavy atom. The Kier molecular flexibility index (Phi) is 4.45. The molecule has 0 aliphatic rings. The minimum absolute atomic E-state index is 0.165. The SMILES string of the molecule is CCCC(C)(C)Nc1nc(C(=O)O)c(C(C)=O)s1. The molecule has 100 valence electrons. The maximum Gasteiger partial charge on any atom is 0.356 e. The van der Waals surface area contributed by atoms with E-state index in [-0.39, 0.29) is 21.9 Å². The molecule has 6 heteroatoms. The van der Waals surface area contributed by atoms with E-state index in [2.05, 4.69) is 17.2 Å². The number of hydrogen-bond acceptors (Lipinski definition) is 5. The predicted molar refractivity (Wildman–Crippen MR) is 71.7 cm³/mol. The molecule has 0 bridgehead atoms. The van der Waals surface area contributed by atoms with Gasteiger partial charge in [-0.25, -0.2) is 9.78 Å². The fraction of sp³-hybridized carbons (Fsp3) is 0.583. The summed E-state index contributed by atoms with van der Waals surface area (Å²) in [5, 5.41) is 12.7. The lowest BCUT2D eigenvalue weighted by Crippen LogP contribution is -2.30. The highest BCUT2D eigenvalue weighted by Gasteiger charge is 2.24. The smallest absolute Gasteiger partial charge is 0.356 e. The number of carboxylic acid groups (broad SMARTS) is 1. The Balaban J connectivity index is 3.02. The summed E-state index contributed by atoms with van der Waals surface area (Å²) in [5.41, 5.74) is -0.335. The molecule has 1 aromatic heterocycles. The standard InChI is InChI=1S/C12H18N2O3S/c1-5-6-12(3,4)14-11-13-8(10(16)17)9(18-11)7(2)15/h5-6H2,1-4H3,(H,13,14)(H,16,17). The van der Waals surface area contributed by atoms with Crippen molar-refractivity contribution in [1.29, 1.82) is 0 Å². The van der Waals surface area contributed by atoms with E-state index in [0.29, 0.717) is 5.13 Å². The van der Waals surface area contributed by atoms with Gasteiger partial charge in [0.25, 0.3) is 0 Å². The largest absolute Gasteiger partial charge is 0.476 e. The van der Waals surface area contributed by atoms with Crippen LogP contribution in [0.25, 0.3) is 0 Å². The summed E-state index contributed by atoms with van der Waals surface area (Å²) >= 11 is 1.10. The molecule has 0 saturated heterocycles. The number of nitrogens with one attached hydrogen (secondary N) is 1. The number of carbonyl (C=O) groups is 2. The minimum atomic E-state index is -1.17. The molecular weight excluding hydrogens is 252 g/mol. The number of hydrogen-bond donors (Lipinski definition) is 2. The molecule has 1 aromatic rings. The molecule has 5 nitrogen and oxygen atoms in total. The van der Waals surface area contributed by atoms with Crippen LogP contribution in [0.4, 0.5) is 5.13 Å². The van der Waals surface area contributed by atoms with Crippen molar-refractivity contribution in [2.45, 2.75) is 46.1 Å². The molecule has 0 saturated carbocycles. The second-order valence-electron chi connectivity index (χ2n) is 4.82. The number of carbonyl (C=O) groups excluding carboxylic acids is 1. The molecule has 0 aromatic carbocycles. The summed E-state index contributed by atoms with van der Waals surface area (Å²) in [6, 6.07) is 0. The van der Waals surface area contributed by atoms with Gasteiger partial charge in [-0.3, -0.25) is 4.79 Å². The first kappa shape index (κ1) is 14.6. The number of Topliss-reactive ketones (excluding diaryl/α,β-unsaturated/α-hetero) is 1. The highest BCUT2D eigenvalue weighted by molar-refractivity contribution is 7.17. The maximum absolute atomic E-state index is 11.4. The number of anilines is 1. The summed E-state index contributed by atoms with van der Waals surface area (Å²) in [6.45, 7) is 7.47. The van der Waals surface area contributed by atoms with Gasteiger partial charge in [0, 0.05) is 12.5 Å². The number of thiazole rings is 1. The third-order valence-electron chi connectivity index (χ3n) is 2.47. The molecule has 0 atom stereocenters. The monoisotopic (exact) mass is 270 g/mol. The molecule has 0 amide bonds. The average Bonchev–Trinajstić information content (AvgIpc) is 2.60. The Bertz CT molecular complexity index is 434. The van der Waals surface area contributed by atoms with Gasteiger partial charge in [0.15, 0.2) is 16.6 Å². The maximum atomic E-state index is 11.4. The summed E-state index contributed by atoms with van der Waals surface area (Å²) < 4.78 is 0. The fourth-order valence-corrected chi connectivity index (χ4v) is 2.77. The molecule has 18 heavy (non-hydrogen) atoms. The molecule has 2 N–H and O–H groups in total. The van der Waals surface area contributed by atoms with E-state index >= 15 is 0 Å². The van der Waals surface area contributed by atoms with E-state index in [0.717, 1.165) is 24.2 Å². The molecule has 0 aliphatic heterocycles. The number of aromatic nitrogens is 1. The van der Waals surface area contributed by atoms with Gasteiger partial charge in [0.05, 0.1) is 0 Å². The van der Waals surface area contributed by atoms with Crippen LogP contribution in [-0.2, 0) is 0 Å². The lowest BCUT2D eigenvalue weighted by Gasteiger charge is -2.25.